The molecule has 3 heteroatoms. The second-order valence-corrected chi connectivity index (χ2v) is 7.34. The maximum Gasteiger partial charge on any atom is 0.307 e. The fourth-order valence-corrected chi connectivity index (χ4v) is 4.90. The fourth-order valence-electron chi connectivity index (χ4n) is 3.49. The normalized spacial score (nSPS) is 26.0. The lowest BCUT2D eigenvalue weighted by Crippen LogP contribution is -2.24. The second kappa shape index (κ2) is 6.21. The lowest BCUT2D eigenvalue weighted by Gasteiger charge is -2.21. The number of aliphatic carboxylic acids is 1. The number of aryl methyl sites for hydroxylation is 2. The molecule has 0 spiro atoms. The number of hydrogen-bond acceptors (Lipinski definition) is 2. The highest BCUT2D eigenvalue weighted by Crippen LogP contribution is 2.38. The molecule has 2 atom stereocenters. The molecule has 2 aliphatic carbocycles. The summed E-state index contributed by atoms with van der Waals surface area (Å²) in [6.45, 7) is 0. The van der Waals surface area contributed by atoms with Crippen LogP contribution in [0.15, 0.2) is 23.1 Å². The number of carboxylic acids is 1. The third-order valence-corrected chi connectivity index (χ3v) is 6.02. The van der Waals surface area contributed by atoms with Gasteiger partial charge in [-0.05, 0) is 55.4 Å². The van der Waals surface area contributed by atoms with Crippen LogP contribution < -0.4 is 0 Å². The summed E-state index contributed by atoms with van der Waals surface area (Å²) in [6, 6.07) is 6.74. The third kappa shape index (κ3) is 3.03. The number of fused-ring (bicyclic) bond motifs is 1. The van der Waals surface area contributed by atoms with Crippen molar-refractivity contribution in [3.05, 3.63) is 29.3 Å². The first-order valence-electron chi connectivity index (χ1n) is 7.75. The van der Waals surface area contributed by atoms with Crippen molar-refractivity contribution in [2.24, 2.45) is 5.92 Å². The number of thioether (sulfide) groups is 1. The third-order valence-electron chi connectivity index (χ3n) is 4.63. The van der Waals surface area contributed by atoms with Crippen LogP contribution in [-0.4, -0.2) is 16.3 Å². The Labute approximate surface area is 125 Å². The summed E-state index contributed by atoms with van der Waals surface area (Å²) in [5.41, 5.74) is 2.97. The van der Waals surface area contributed by atoms with Crippen LogP contribution in [0, 0.1) is 5.92 Å². The largest absolute Gasteiger partial charge is 0.481 e. The molecule has 0 aromatic heterocycles. The van der Waals surface area contributed by atoms with Crippen LogP contribution in [0.1, 0.15) is 49.7 Å². The summed E-state index contributed by atoms with van der Waals surface area (Å²) in [5, 5.41) is 9.70. The average Bonchev–Trinajstić information content (AvgIpc) is 2.76. The van der Waals surface area contributed by atoms with Gasteiger partial charge in [0.05, 0.1) is 5.92 Å². The van der Waals surface area contributed by atoms with Crippen LogP contribution in [0.25, 0.3) is 0 Å². The molecule has 0 radical (unpaired) electrons. The molecule has 0 bridgehead atoms. The van der Waals surface area contributed by atoms with E-state index in [1.54, 1.807) is 11.8 Å². The molecule has 108 valence electrons. The van der Waals surface area contributed by atoms with E-state index in [2.05, 4.69) is 18.2 Å². The van der Waals surface area contributed by atoms with Gasteiger partial charge in [0.2, 0.25) is 0 Å². The molecule has 2 nitrogen and oxygen atoms in total. The van der Waals surface area contributed by atoms with Crippen LogP contribution in [0.4, 0.5) is 0 Å². The van der Waals surface area contributed by atoms with E-state index < -0.39 is 5.97 Å². The van der Waals surface area contributed by atoms with Crippen LogP contribution >= 0.6 is 11.8 Å². The second-order valence-electron chi connectivity index (χ2n) is 6.02. The van der Waals surface area contributed by atoms with Gasteiger partial charge in [-0.2, -0.15) is 0 Å². The van der Waals surface area contributed by atoms with Gasteiger partial charge in [0, 0.05) is 10.1 Å². The van der Waals surface area contributed by atoms with Crippen molar-refractivity contribution in [3.8, 4) is 0 Å². The molecule has 1 N–H and O–H groups in total. The highest BCUT2D eigenvalue weighted by atomic mass is 32.2. The number of carbonyl (C=O) groups is 1. The van der Waals surface area contributed by atoms with E-state index in [4.69, 9.17) is 0 Å². The van der Waals surface area contributed by atoms with E-state index in [9.17, 15) is 9.90 Å². The summed E-state index contributed by atoms with van der Waals surface area (Å²) in [5.74, 6) is -0.777. The Morgan fingerprint density at radius 1 is 1.05 bits per heavy atom. The van der Waals surface area contributed by atoms with Crippen molar-refractivity contribution in [2.75, 3.05) is 0 Å². The molecular weight excluding hydrogens is 268 g/mol. The predicted molar refractivity (Wildman–Crippen MR) is 82.3 cm³/mol. The standard InChI is InChI=1S/C17H22O2S/c18-17(19)15-7-2-1-3-8-16(15)20-14-10-9-12-5-4-6-13(12)11-14/h9-11,15-16H,1-8H2,(H,18,19). The average molecular weight is 290 g/mol. The Kier molecular flexibility index (Phi) is 4.35. The number of benzene rings is 1. The minimum Gasteiger partial charge on any atom is -0.481 e. The summed E-state index contributed by atoms with van der Waals surface area (Å²) < 4.78 is 0. The van der Waals surface area contributed by atoms with Gasteiger partial charge in [0.25, 0.3) is 0 Å². The van der Waals surface area contributed by atoms with E-state index in [1.807, 2.05) is 0 Å². The van der Waals surface area contributed by atoms with E-state index >= 15 is 0 Å². The van der Waals surface area contributed by atoms with Crippen LogP contribution in [-0.2, 0) is 17.6 Å². The maximum atomic E-state index is 11.5. The van der Waals surface area contributed by atoms with Gasteiger partial charge in [-0.15, -0.1) is 11.8 Å². The van der Waals surface area contributed by atoms with E-state index in [-0.39, 0.29) is 11.2 Å². The molecule has 20 heavy (non-hydrogen) atoms. The fraction of sp³-hybridized carbons (Fsp3) is 0.588. The molecule has 0 heterocycles. The molecule has 3 rings (SSSR count). The topological polar surface area (TPSA) is 37.3 Å². The lowest BCUT2D eigenvalue weighted by molar-refractivity contribution is -0.141. The molecular formula is C17H22O2S. The summed E-state index contributed by atoms with van der Waals surface area (Å²) in [7, 11) is 0. The lowest BCUT2D eigenvalue weighted by atomic mass is 10.0. The smallest absolute Gasteiger partial charge is 0.307 e. The molecule has 0 amide bonds. The monoisotopic (exact) mass is 290 g/mol. The Balaban J connectivity index is 1.75. The van der Waals surface area contributed by atoms with Gasteiger partial charge in [-0.3, -0.25) is 4.79 Å². The summed E-state index contributed by atoms with van der Waals surface area (Å²) in [6.07, 6.45) is 8.98. The zero-order valence-corrected chi connectivity index (χ0v) is 12.6. The van der Waals surface area contributed by atoms with Gasteiger partial charge in [-0.1, -0.05) is 25.3 Å². The molecule has 0 saturated heterocycles. The van der Waals surface area contributed by atoms with Gasteiger partial charge in [-0.25, -0.2) is 0 Å². The van der Waals surface area contributed by atoms with Crippen LogP contribution in [0.3, 0.4) is 0 Å². The Morgan fingerprint density at radius 2 is 1.85 bits per heavy atom. The first kappa shape index (κ1) is 14.0. The Bertz CT molecular complexity index is 498. The first-order valence-corrected chi connectivity index (χ1v) is 8.63. The molecule has 1 aromatic carbocycles. The van der Waals surface area contributed by atoms with E-state index in [0.29, 0.717) is 0 Å². The zero-order valence-electron chi connectivity index (χ0n) is 11.8. The highest BCUT2D eigenvalue weighted by Gasteiger charge is 2.30. The molecule has 0 aliphatic heterocycles. The van der Waals surface area contributed by atoms with Gasteiger partial charge in [0.1, 0.15) is 0 Å². The van der Waals surface area contributed by atoms with E-state index in [1.165, 1.54) is 48.1 Å². The summed E-state index contributed by atoms with van der Waals surface area (Å²) >= 11 is 1.80. The van der Waals surface area contributed by atoms with Gasteiger partial charge >= 0.3 is 5.97 Å². The molecule has 1 fully saturated rings. The van der Waals surface area contributed by atoms with Crippen LogP contribution in [0.5, 0.6) is 0 Å². The minimum atomic E-state index is -0.606. The van der Waals surface area contributed by atoms with Crippen molar-refractivity contribution >= 4 is 17.7 Å². The highest BCUT2D eigenvalue weighted by molar-refractivity contribution is 8.00. The van der Waals surface area contributed by atoms with Crippen molar-refractivity contribution < 1.29 is 9.90 Å². The number of carboxylic acid groups (broad SMARTS) is 1. The quantitative estimate of drug-likeness (QED) is 0.843. The maximum absolute atomic E-state index is 11.5. The molecule has 1 aromatic rings. The number of hydrogen-bond donors (Lipinski definition) is 1. The van der Waals surface area contributed by atoms with Gasteiger partial charge in [0.15, 0.2) is 0 Å². The molecule has 2 unspecified atom stereocenters. The van der Waals surface area contributed by atoms with Crippen LogP contribution in [0.2, 0.25) is 0 Å². The molecule has 1 saturated carbocycles. The van der Waals surface area contributed by atoms with Crippen molar-refractivity contribution in [3.63, 3.8) is 0 Å². The van der Waals surface area contributed by atoms with Crippen molar-refractivity contribution in [1.29, 1.82) is 0 Å². The van der Waals surface area contributed by atoms with Gasteiger partial charge < -0.3 is 5.11 Å². The Morgan fingerprint density at radius 3 is 2.70 bits per heavy atom. The Hall–Kier alpha value is -0.960. The van der Waals surface area contributed by atoms with E-state index in [0.717, 1.165) is 19.3 Å². The van der Waals surface area contributed by atoms with Crippen molar-refractivity contribution in [1.82, 2.24) is 0 Å². The minimum absolute atomic E-state index is 0.171. The molecule has 2 aliphatic rings. The summed E-state index contributed by atoms with van der Waals surface area (Å²) in [4.78, 5) is 12.7. The SMILES string of the molecule is O=C(O)C1CCCCCC1Sc1ccc2c(c1)CCC2. The van der Waals surface area contributed by atoms with Crippen molar-refractivity contribution in [2.45, 2.75) is 61.5 Å². The first-order chi connectivity index (χ1) is 9.74. The zero-order chi connectivity index (χ0) is 13.9. The predicted octanol–water partition coefficient (Wildman–Crippen LogP) is 4.30. The number of rotatable bonds is 3.